The monoisotopic (exact) mass is 264 g/mol. The number of rotatable bonds is 2. The lowest BCUT2D eigenvalue weighted by atomic mass is 9.99. The van der Waals surface area contributed by atoms with Crippen LogP contribution in [-0.2, 0) is 5.60 Å². The summed E-state index contributed by atoms with van der Waals surface area (Å²) >= 11 is 6.12. The zero-order valence-electron chi connectivity index (χ0n) is 11.0. The summed E-state index contributed by atoms with van der Waals surface area (Å²) in [7, 11) is 0. The van der Waals surface area contributed by atoms with Crippen LogP contribution in [-0.4, -0.2) is 14.9 Å². The van der Waals surface area contributed by atoms with E-state index in [0.29, 0.717) is 5.02 Å². The van der Waals surface area contributed by atoms with Gasteiger partial charge in [0.05, 0.1) is 17.5 Å². The molecular formula is C14H17ClN2O. The fourth-order valence-corrected chi connectivity index (χ4v) is 2.25. The second-order valence-corrected chi connectivity index (χ2v) is 5.41. The molecule has 1 N–H and O–H groups in total. The molecule has 0 atom stereocenters. The van der Waals surface area contributed by atoms with Gasteiger partial charge in [0.1, 0.15) is 0 Å². The standard InChI is InChI=1S/C14H17ClN2O/c1-9-12(15)6-5-7-13(9)17-10(2)11(8-16-17)14(3,4)18/h5-8,18H,1-4H3. The van der Waals surface area contributed by atoms with Gasteiger partial charge in [-0.25, -0.2) is 4.68 Å². The van der Waals surface area contributed by atoms with Gasteiger partial charge < -0.3 is 5.11 Å². The molecule has 96 valence electrons. The number of aliphatic hydroxyl groups is 1. The largest absolute Gasteiger partial charge is 0.386 e. The summed E-state index contributed by atoms with van der Waals surface area (Å²) in [6.45, 7) is 7.42. The van der Waals surface area contributed by atoms with Gasteiger partial charge in [-0.15, -0.1) is 0 Å². The van der Waals surface area contributed by atoms with Crippen LogP contribution in [0.2, 0.25) is 5.02 Å². The molecule has 0 radical (unpaired) electrons. The summed E-state index contributed by atoms with van der Waals surface area (Å²) in [4.78, 5) is 0. The fourth-order valence-electron chi connectivity index (χ4n) is 2.08. The quantitative estimate of drug-likeness (QED) is 0.903. The first-order valence-electron chi connectivity index (χ1n) is 5.85. The molecule has 0 aliphatic carbocycles. The predicted octanol–water partition coefficient (Wildman–Crippen LogP) is 3.37. The molecular weight excluding hydrogens is 248 g/mol. The molecule has 0 aliphatic heterocycles. The summed E-state index contributed by atoms with van der Waals surface area (Å²) in [6.07, 6.45) is 1.70. The van der Waals surface area contributed by atoms with Crippen molar-refractivity contribution in [3.63, 3.8) is 0 Å². The van der Waals surface area contributed by atoms with E-state index in [1.807, 2.05) is 36.7 Å². The highest BCUT2D eigenvalue weighted by Crippen LogP contribution is 2.27. The highest BCUT2D eigenvalue weighted by Gasteiger charge is 2.22. The normalized spacial score (nSPS) is 11.9. The molecule has 2 aromatic rings. The van der Waals surface area contributed by atoms with Crippen molar-refractivity contribution in [1.82, 2.24) is 9.78 Å². The van der Waals surface area contributed by atoms with E-state index in [4.69, 9.17) is 11.6 Å². The SMILES string of the molecule is Cc1c(Cl)cccc1-n1ncc(C(C)(C)O)c1C. The van der Waals surface area contributed by atoms with Crippen LogP contribution in [0.4, 0.5) is 0 Å². The number of hydrogen-bond acceptors (Lipinski definition) is 2. The lowest BCUT2D eigenvalue weighted by molar-refractivity contribution is 0.0779. The molecule has 0 amide bonds. The van der Waals surface area contributed by atoms with Crippen molar-refractivity contribution in [1.29, 1.82) is 0 Å². The molecule has 4 heteroatoms. The average Bonchev–Trinajstić information content (AvgIpc) is 2.64. The van der Waals surface area contributed by atoms with Gasteiger partial charge in [0.2, 0.25) is 0 Å². The van der Waals surface area contributed by atoms with E-state index in [9.17, 15) is 5.11 Å². The molecule has 18 heavy (non-hydrogen) atoms. The van der Waals surface area contributed by atoms with Crippen molar-refractivity contribution < 1.29 is 5.11 Å². The molecule has 0 saturated heterocycles. The predicted molar refractivity (Wildman–Crippen MR) is 73.3 cm³/mol. The summed E-state index contributed by atoms with van der Waals surface area (Å²) in [6, 6.07) is 5.72. The van der Waals surface area contributed by atoms with Gasteiger partial charge in [-0.2, -0.15) is 5.10 Å². The van der Waals surface area contributed by atoms with Crippen LogP contribution in [0.15, 0.2) is 24.4 Å². The maximum atomic E-state index is 10.1. The number of hydrogen-bond donors (Lipinski definition) is 1. The van der Waals surface area contributed by atoms with Crippen LogP contribution in [0, 0.1) is 13.8 Å². The van der Waals surface area contributed by atoms with E-state index in [0.717, 1.165) is 22.5 Å². The van der Waals surface area contributed by atoms with E-state index in [-0.39, 0.29) is 0 Å². The Hall–Kier alpha value is -1.32. The number of nitrogens with zero attached hydrogens (tertiary/aromatic N) is 2. The number of halogens is 1. The number of aromatic nitrogens is 2. The zero-order valence-corrected chi connectivity index (χ0v) is 11.8. The minimum absolute atomic E-state index is 0.715. The molecule has 0 saturated carbocycles. The van der Waals surface area contributed by atoms with Crippen LogP contribution in [0.25, 0.3) is 5.69 Å². The van der Waals surface area contributed by atoms with Crippen LogP contribution < -0.4 is 0 Å². The van der Waals surface area contributed by atoms with Gasteiger partial charge in [0.15, 0.2) is 0 Å². The minimum Gasteiger partial charge on any atom is -0.386 e. The molecule has 2 rings (SSSR count). The van der Waals surface area contributed by atoms with Gasteiger partial charge in [0, 0.05) is 16.3 Å². The Bertz CT molecular complexity index is 582. The Morgan fingerprint density at radius 2 is 1.94 bits per heavy atom. The van der Waals surface area contributed by atoms with Crippen molar-refractivity contribution in [2.45, 2.75) is 33.3 Å². The molecule has 0 aliphatic rings. The van der Waals surface area contributed by atoms with Gasteiger partial charge in [0.25, 0.3) is 0 Å². The molecule has 0 spiro atoms. The molecule has 0 unspecified atom stereocenters. The summed E-state index contributed by atoms with van der Waals surface area (Å²) in [5, 5.41) is 15.1. The zero-order chi connectivity index (χ0) is 13.5. The lowest BCUT2D eigenvalue weighted by Gasteiger charge is -2.17. The van der Waals surface area contributed by atoms with E-state index < -0.39 is 5.60 Å². The van der Waals surface area contributed by atoms with Crippen molar-refractivity contribution in [3.8, 4) is 5.69 Å². The molecule has 0 bridgehead atoms. The molecule has 1 heterocycles. The third-order valence-corrected chi connectivity index (χ3v) is 3.55. The summed E-state index contributed by atoms with van der Waals surface area (Å²) < 4.78 is 1.81. The Kier molecular flexibility index (Phi) is 3.21. The molecule has 1 aromatic carbocycles. The second-order valence-electron chi connectivity index (χ2n) is 5.00. The Morgan fingerprint density at radius 3 is 2.50 bits per heavy atom. The first-order chi connectivity index (χ1) is 8.32. The van der Waals surface area contributed by atoms with Crippen LogP contribution in [0.1, 0.15) is 30.7 Å². The number of benzene rings is 1. The van der Waals surface area contributed by atoms with E-state index in [2.05, 4.69) is 5.10 Å². The average molecular weight is 265 g/mol. The van der Waals surface area contributed by atoms with Crippen molar-refractivity contribution >= 4 is 11.6 Å². The van der Waals surface area contributed by atoms with Crippen LogP contribution in [0.5, 0.6) is 0 Å². The molecule has 1 aromatic heterocycles. The minimum atomic E-state index is -0.894. The first-order valence-corrected chi connectivity index (χ1v) is 6.23. The highest BCUT2D eigenvalue weighted by atomic mass is 35.5. The maximum Gasteiger partial charge on any atom is 0.0873 e. The van der Waals surface area contributed by atoms with Crippen molar-refractivity contribution in [2.24, 2.45) is 0 Å². The third-order valence-electron chi connectivity index (χ3n) is 3.14. The van der Waals surface area contributed by atoms with E-state index in [1.165, 1.54) is 0 Å². The van der Waals surface area contributed by atoms with Crippen molar-refractivity contribution in [2.75, 3.05) is 0 Å². The maximum absolute atomic E-state index is 10.1. The van der Waals surface area contributed by atoms with Crippen LogP contribution in [0.3, 0.4) is 0 Å². The Labute approximate surface area is 112 Å². The Balaban J connectivity index is 2.60. The van der Waals surface area contributed by atoms with Gasteiger partial charge in [-0.3, -0.25) is 0 Å². The lowest BCUT2D eigenvalue weighted by Crippen LogP contribution is -2.16. The second kappa shape index (κ2) is 4.41. The van der Waals surface area contributed by atoms with Gasteiger partial charge in [-0.1, -0.05) is 17.7 Å². The molecule has 0 fully saturated rings. The summed E-state index contributed by atoms with van der Waals surface area (Å²) in [5.74, 6) is 0. The Morgan fingerprint density at radius 1 is 1.28 bits per heavy atom. The fraction of sp³-hybridized carbons (Fsp3) is 0.357. The van der Waals surface area contributed by atoms with E-state index in [1.54, 1.807) is 20.0 Å². The first kappa shape index (κ1) is 13.1. The highest BCUT2D eigenvalue weighted by molar-refractivity contribution is 6.31. The summed E-state index contributed by atoms with van der Waals surface area (Å²) in [5.41, 5.74) is 2.77. The van der Waals surface area contributed by atoms with Crippen molar-refractivity contribution in [3.05, 3.63) is 46.2 Å². The van der Waals surface area contributed by atoms with E-state index >= 15 is 0 Å². The topological polar surface area (TPSA) is 38.0 Å². The smallest absolute Gasteiger partial charge is 0.0873 e. The van der Waals surface area contributed by atoms with Gasteiger partial charge in [-0.05, 0) is 45.4 Å². The van der Waals surface area contributed by atoms with Crippen LogP contribution >= 0.6 is 11.6 Å². The third kappa shape index (κ3) is 2.16. The van der Waals surface area contributed by atoms with Gasteiger partial charge >= 0.3 is 0 Å². The molecule has 3 nitrogen and oxygen atoms in total.